The Morgan fingerprint density at radius 2 is 2.10 bits per heavy atom. The van der Waals surface area contributed by atoms with Crippen LogP contribution in [0.25, 0.3) is 10.9 Å². The summed E-state index contributed by atoms with van der Waals surface area (Å²) in [4.78, 5) is 19.7. The predicted octanol–water partition coefficient (Wildman–Crippen LogP) is 4.15. The number of amides is 1. The minimum absolute atomic E-state index is 0.00848. The number of carbonyl (C=O) groups excluding carboxylic acids is 1. The van der Waals surface area contributed by atoms with Gasteiger partial charge in [-0.25, -0.2) is 14.4 Å². The molecule has 9 heteroatoms. The first-order chi connectivity index (χ1) is 14.0. The van der Waals surface area contributed by atoms with Crippen LogP contribution >= 0.6 is 15.9 Å². The highest BCUT2D eigenvalue weighted by molar-refractivity contribution is 9.10. The standard InChI is InChI=1S/C20H21BrFN5O2/c1-2-19(28)24-6-3-7-29-18-10-17-13(9-15(18)23)20(26-11-25-17)27-16-5-4-12(21)8-14(16)22/h4-5,8-11H,2-3,6-7,23H2,1H3,(H,24,28)(H,25,26,27). The van der Waals surface area contributed by atoms with Crippen LogP contribution < -0.4 is 21.1 Å². The van der Waals surface area contributed by atoms with Crippen molar-refractivity contribution in [1.29, 1.82) is 0 Å². The van der Waals surface area contributed by atoms with Crippen molar-refractivity contribution < 1.29 is 13.9 Å². The molecule has 0 aliphatic heterocycles. The summed E-state index contributed by atoms with van der Waals surface area (Å²) in [5.74, 6) is 0.541. The molecule has 3 aromatic rings. The molecular formula is C20H21BrFN5O2. The highest BCUT2D eigenvalue weighted by Crippen LogP contribution is 2.32. The number of rotatable bonds is 8. The molecule has 7 nitrogen and oxygen atoms in total. The van der Waals surface area contributed by atoms with Crippen molar-refractivity contribution >= 4 is 49.9 Å². The second-order valence-corrected chi connectivity index (χ2v) is 7.20. The Morgan fingerprint density at radius 3 is 2.86 bits per heavy atom. The lowest BCUT2D eigenvalue weighted by Gasteiger charge is -2.13. The fourth-order valence-corrected chi connectivity index (χ4v) is 2.98. The molecule has 152 valence electrons. The molecule has 0 radical (unpaired) electrons. The Bertz CT molecular complexity index is 1030. The maximum atomic E-state index is 14.1. The van der Waals surface area contributed by atoms with Crippen LogP contribution in [0.5, 0.6) is 5.75 Å². The minimum atomic E-state index is -0.408. The van der Waals surface area contributed by atoms with E-state index >= 15 is 0 Å². The van der Waals surface area contributed by atoms with Crippen molar-refractivity contribution in [1.82, 2.24) is 15.3 Å². The van der Waals surface area contributed by atoms with Gasteiger partial charge in [-0.2, -0.15) is 0 Å². The number of nitrogen functional groups attached to an aromatic ring is 1. The van der Waals surface area contributed by atoms with Gasteiger partial charge in [0, 0.05) is 28.9 Å². The van der Waals surface area contributed by atoms with Crippen LogP contribution in [0.2, 0.25) is 0 Å². The first-order valence-corrected chi connectivity index (χ1v) is 9.93. The van der Waals surface area contributed by atoms with Crippen LogP contribution in [-0.2, 0) is 4.79 Å². The molecule has 0 saturated carbocycles. The van der Waals surface area contributed by atoms with E-state index in [1.165, 1.54) is 12.4 Å². The number of hydrogen-bond acceptors (Lipinski definition) is 6. The van der Waals surface area contributed by atoms with Gasteiger partial charge in [0.2, 0.25) is 5.91 Å². The number of benzene rings is 2. The van der Waals surface area contributed by atoms with Crippen molar-refractivity contribution in [2.24, 2.45) is 0 Å². The molecule has 0 spiro atoms. The Labute approximate surface area is 176 Å². The van der Waals surface area contributed by atoms with E-state index in [0.29, 0.717) is 64.3 Å². The van der Waals surface area contributed by atoms with E-state index in [1.807, 2.05) is 0 Å². The SMILES string of the molecule is CCC(=O)NCCCOc1cc2ncnc(Nc3ccc(Br)cc3F)c2cc1N. The summed E-state index contributed by atoms with van der Waals surface area (Å²) in [6.45, 7) is 2.74. The topological polar surface area (TPSA) is 102 Å². The van der Waals surface area contributed by atoms with Crippen LogP contribution in [0, 0.1) is 5.82 Å². The normalized spacial score (nSPS) is 10.7. The molecular weight excluding hydrogens is 441 g/mol. The number of nitrogens with two attached hydrogens (primary N) is 1. The van der Waals surface area contributed by atoms with Gasteiger partial charge in [-0.15, -0.1) is 0 Å². The van der Waals surface area contributed by atoms with Crippen LogP contribution in [-0.4, -0.2) is 29.0 Å². The van der Waals surface area contributed by atoms with E-state index in [2.05, 4.69) is 36.5 Å². The molecule has 0 unspecified atom stereocenters. The fraction of sp³-hybridized carbons (Fsp3) is 0.250. The zero-order valence-corrected chi connectivity index (χ0v) is 17.4. The summed E-state index contributed by atoms with van der Waals surface area (Å²) in [5, 5.41) is 6.42. The molecule has 3 rings (SSSR count). The Kier molecular flexibility index (Phi) is 6.82. The van der Waals surface area contributed by atoms with Crippen LogP contribution in [0.1, 0.15) is 19.8 Å². The molecule has 29 heavy (non-hydrogen) atoms. The van der Waals surface area contributed by atoms with Gasteiger partial charge in [0.1, 0.15) is 23.7 Å². The number of anilines is 3. The van der Waals surface area contributed by atoms with Crippen molar-refractivity contribution in [3.05, 3.63) is 46.9 Å². The molecule has 0 bridgehead atoms. The minimum Gasteiger partial charge on any atom is -0.491 e. The molecule has 4 N–H and O–H groups in total. The van der Waals surface area contributed by atoms with Crippen LogP contribution in [0.3, 0.4) is 0 Å². The highest BCUT2D eigenvalue weighted by Gasteiger charge is 2.11. The summed E-state index contributed by atoms with van der Waals surface area (Å²) in [5.41, 5.74) is 7.45. The molecule has 2 aromatic carbocycles. The second kappa shape index (κ2) is 9.51. The first-order valence-electron chi connectivity index (χ1n) is 9.13. The van der Waals surface area contributed by atoms with Crippen molar-refractivity contribution in [3.8, 4) is 5.75 Å². The largest absolute Gasteiger partial charge is 0.491 e. The number of carbonyl (C=O) groups is 1. The van der Waals surface area contributed by atoms with Crippen molar-refractivity contribution in [2.45, 2.75) is 19.8 Å². The summed E-state index contributed by atoms with van der Waals surface area (Å²) >= 11 is 3.24. The Morgan fingerprint density at radius 1 is 1.28 bits per heavy atom. The Hall–Kier alpha value is -2.94. The molecule has 0 aliphatic carbocycles. The van der Waals surface area contributed by atoms with Gasteiger partial charge in [0.15, 0.2) is 0 Å². The van der Waals surface area contributed by atoms with E-state index in [1.54, 1.807) is 31.2 Å². The summed E-state index contributed by atoms with van der Waals surface area (Å²) < 4.78 is 20.5. The smallest absolute Gasteiger partial charge is 0.219 e. The summed E-state index contributed by atoms with van der Waals surface area (Å²) in [7, 11) is 0. The second-order valence-electron chi connectivity index (χ2n) is 6.28. The lowest BCUT2D eigenvalue weighted by Crippen LogP contribution is -2.24. The van der Waals surface area contributed by atoms with Crippen molar-refractivity contribution in [3.63, 3.8) is 0 Å². The number of nitrogens with zero attached hydrogens (tertiary/aromatic N) is 2. The van der Waals surface area contributed by atoms with Gasteiger partial charge < -0.3 is 21.1 Å². The summed E-state index contributed by atoms with van der Waals surface area (Å²) in [6.07, 6.45) is 2.50. The molecule has 1 heterocycles. The Balaban J connectivity index is 1.74. The number of hydrogen-bond donors (Lipinski definition) is 3. The van der Waals surface area contributed by atoms with Gasteiger partial charge in [-0.05, 0) is 30.7 Å². The fourth-order valence-electron chi connectivity index (χ4n) is 2.65. The molecule has 0 fully saturated rings. The average molecular weight is 462 g/mol. The van der Waals surface area contributed by atoms with Gasteiger partial charge >= 0.3 is 0 Å². The zero-order chi connectivity index (χ0) is 20.8. The molecule has 0 saturated heterocycles. The third kappa shape index (κ3) is 5.32. The van der Waals surface area contributed by atoms with E-state index in [-0.39, 0.29) is 5.91 Å². The van der Waals surface area contributed by atoms with Gasteiger partial charge in [-0.3, -0.25) is 4.79 Å². The monoisotopic (exact) mass is 461 g/mol. The van der Waals surface area contributed by atoms with Crippen molar-refractivity contribution in [2.75, 3.05) is 24.2 Å². The van der Waals surface area contributed by atoms with Crippen LogP contribution in [0.15, 0.2) is 41.1 Å². The number of nitrogens with one attached hydrogen (secondary N) is 2. The lowest BCUT2D eigenvalue weighted by molar-refractivity contribution is -0.120. The number of aromatic nitrogens is 2. The van der Waals surface area contributed by atoms with Gasteiger partial charge in [0.05, 0.1) is 23.5 Å². The quantitative estimate of drug-likeness (QED) is 0.343. The molecule has 0 aliphatic rings. The van der Waals surface area contributed by atoms with Gasteiger partial charge in [0.25, 0.3) is 0 Å². The maximum absolute atomic E-state index is 14.1. The van der Waals surface area contributed by atoms with E-state index in [0.717, 1.165) is 0 Å². The average Bonchev–Trinajstić information content (AvgIpc) is 2.70. The third-order valence-corrected chi connectivity index (χ3v) is 4.67. The number of halogens is 2. The number of fused-ring (bicyclic) bond motifs is 1. The van der Waals surface area contributed by atoms with Gasteiger partial charge in [-0.1, -0.05) is 22.9 Å². The van der Waals surface area contributed by atoms with E-state index in [4.69, 9.17) is 10.5 Å². The zero-order valence-electron chi connectivity index (χ0n) is 15.8. The van der Waals surface area contributed by atoms with Crippen LogP contribution in [0.4, 0.5) is 21.6 Å². The first kappa shape index (κ1) is 20.8. The molecule has 1 amide bonds. The molecule has 0 atom stereocenters. The van der Waals surface area contributed by atoms with E-state index in [9.17, 15) is 9.18 Å². The lowest BCUT2D eigenvalue weighted by atomic mass is 10.2. The third-order valence-electron chi connectivity index (χ3n) is 4.17. The maximum Gasteiger partial charge on any atom is 0.219 e. The summed E-state index contributed by atoms with van der Waals surface area (Å²) in [6, 6.07) is 8.14. The predicted molar refractivity (Wildman–Crippen MR) is 115 cm³/mol. The highest BCUT2D eigenvalue weighted by atomic mass is 79.9. The molecule has 1 aromatic heterocycles. The number of ether oxygens (including phenoxy) is 1. The van der Waals surface area contributed by atoms with E-state index < -0.39 is 5.82 Å².